The van der Waals surface area contributed by atoms with Crippen LogP contribution in [0.25, 0.3) is 0 Å². The van der Waals surface area contributed by atoms with Gasteiger partial charge in [0.1, 0.15) is 16.0 Å². The van der Waals surface area contributed by atoms with Crippen molar-refractivity contribution in [1.82, 2.24) is 5.32 Å². The van der Waals surface area contributed by atoms with E-state index >= 15 is 0 Å². The van der Waals surface area contributed by atoms with Crippen LogP contribution in [0.5, 0.6) is 11.5 Å². The largest absolute Gasteiger partial charge is 0.495 e. The van der Waals surface area contributed by atoms with E-state index in [-0.39, 0.29) is 11.6 Å². The van der Waals surface area contributed by atoms with Crippen molar-refractivity contribution in [3.63, 3.8) is 0 Å². The molecular weight excluding hydrogens is 322 g/mol. The number of likely N-dealkylation sites (N-methyl/N-ethyl adjacent to an activating group) is 1. The lowest BCUT2D eigenvalue weighted by atomic mass is 9.87. The summed E-state index contributed by atoms with van der Waals surface area (Å²) >= 11 is 3.56. The molecule has 0 radical (unpaired) electrons. The van der Waals surface area contributed by atoms with E-state index < -0.39 is 0 Å². The van der Waals surface area contributed by atoms with Crippen molar-refractivity contribution >= 4 is 15.9 Å². The number of hydrogen-bond donors (Lipinski definition) is 1. The molecule has 0 spiro atoms. The summed E-state index contributed by atoms with van der Waals surface area (Å²) < 4.78 is 17.7. The standard InChI is InChI=1S/C15H22BrNO3/c1-15(8-5-9-20-15)14(17-2)10-6-7-11(18-3)12(16)13(10)19-4/h6-7,14,17H,5,8-9H2,1-4H3. The number of nitrogens with one attached hydrogen (secondary N) is 1. The first-order chi connectivity index (χ1) is 9.57. The third-order valence-electron chi connectivity index (χ3n) is 3.98. The summed E-state index contributed by atoms with van der Waals surface area (Å²) in [7, 11) is 5.28. The van der Waals surface area contributed by atoms with E-state index in [0.29, 0.717) is 0 Å². The van der Waals surface area contributed by atoms with Gasteiger partial charge in [-0.25, -0.2) is 0 Å². The average Bonchev–Trinajstić information content (AvgIpc) is 2.87. The molecule has 5 heteroatoms. The molecule has 0 aliphatic carbocycles. The van der Waals surface area contributed by atoms with Crippen LogP contribution in [0.15, 0.2) is 16.6 Å². The maximum absolute atomic E-state index is 5.98. The van der Waals surface area contributed by atoms with Crippen LogP contribution in [0, 0.1) is 0 Å². The molecule has 1 aromatic rings. The monoisotopic (exact) mass is 343 g/mol. The van der Waals surface area contributed by atoms with Crippen LogP contribution in [0.3, 0.4) is 0 Å². The first-order valence-electron chi connectivity index (χ1n) is 6.79. The fourth-order valence-corrected chi connectivity index (χ4v) is 3.65. The summed E-state index contributed by atoms with van der Waals surface area (Å²) in [6.07, 6.45) is 2.12. The number of benzene rings is 1. The summed E-state index contributed by atoms with van der Waals surface area (Å²) in [5.41, 5.74) is 0.864. The van der Waals surface area contributed by atoms with Crippen LogP contribution < -0.4 is 14.8 Å². The van der Waals surface area contributed by atoms with Crippen molar-refractivity contribution in [3.05, 3.63) is 22.2 Å². The molecule has 2 rings (SSSR count). The van der Waals surface area contributed by atoms with Crippen molar-refractivity contribution in [2.45, 2.75) is 31.4 Å². The molecule has 1 fully saturated rings. The van der Waals surface area contributed by atoms with E-state index in [0.717, 1.165) is 41.0 Å². The highest BCUT2D eigenvalue weighted by atomic mass is 79.9. The number of ether oxygens (including phenoxy) is 3. The van der Waals surface area contributed by atoms with Gasteiger partial charge in [0.2, 0.25) is 0 Å². The Morgan fingerprint density at radius 3 is 2.60 bits per heavy atom. The SMILES string of the molecule is CNC(c1ccc(OC)c(Br)c1OC)C1(C)CCCO1. The summed E-state index contributed by atoms with van der Waals surface area (Å²) in [6, 6.07) is 4.06. The fraction of sp³-hybridized carbons (Fsp3) is 0.600. The van der Waals surface area contributed by atoms with Gasteiger partial charge >= 0.3 is 0 Å². The Labute approximate surface area is 128 Å². The summed E-state index contributed by atoms with van der Waals surface area (Å²) in [6.45, 7) is 2.97. The molecule has 1 aliphatic heterocycles. The first-order valence-corrected chi connectivity index (χ1v) is 7.58. The predicted molar refractivity (Wildman–Crippen MR) is 82.6 cm³/mol. The van der Waals surface area contributed by atoms with Gasteiger partial charge in [-0.05, 0) is 54.9 Å². The molecule has 0 amide bonds. The van der Waals surface area contributed by atoms with Gasteiger partial charge < -0.3 is 19.5 Å². The number of methoxy groups -OCH3 is 2. The van der Waals surface area contributed by atoms with E-state index in [4.69, 9.17) is 14.2 Å². The van der Waals surface area contributed by atoms with Crippen molar-refractivity contribution < 1.29 is 14.2 Å². The van der Waals surface area contributed by atoms with E-state index in [9.17, 15) is 0 Å². The Morgan fingerprint density at radius 1 is 1.35 bits per heavy atom. The lowest BCUT2D eigenvalue weighted by molar-refractivity contribution is -0.0110. The number of halogens is 1. The maximum atomic E-state index is 5.98. The second kappa shape index (κ2) is 6.33. The number of hydrogen-bond acceptors (Lipinski definition) is 4. The molecule has 1 saturated heterocycles. The van der Waals surface area contributed by atoms with Crippen LogP contribution in [0.1, 0.15) is 31.4 Å². The van der Waals surface area contributed by atoms with Crippen LogP contribution >= 0.6 is 15.9 Å². The third-order valence-corrected chi connectivity index (χ3v) is 4.73. The molecule has 1 aliphatic rings. The molecule has 4 nitrogen and oxygen atoms in total. The molecule has 112 valence electrons. The highest BCUT2D eigenvalue weighted by molar-refractivity contribution is 9.10. The van der Waals surface area contributed by atoms with E-state index in [1.54, 1.807) is 14.2 Å². The van der Waals surface area contributed by atoms with Gasteiger partial charge in [-0.1, -0.05) is 0 Å². The normalized spacial score (nSPS) is 23.6. The molecule has 0 bridgehead atoms. The fourth-order valence-electron chi connectivity index (χ4n) is 2.96. The van der Waals surface area contributed by atoms with Gasteiger partial charge in [-0.2, -0.15) is 0 Å². The van der Waals surface area contributed by atoms with Crippen molar-refractivity contribution in [2.24, 2.45) is 0 Å². The lowest BCUT2D eigenvalue weighted by Gasteiger charge is -2.34. The van der Waals surface area contributed by atoms with Gasteiger partial charge in [0.15, 0.2) is 0 Å². The highest BCUT2D eigenvalue weighted by Crippen LogP contribution is 2.45. The summed E-state index contributed by atoms with van der Waals surface area (Å²) in [5.74, 6) is 1.55. The second-order valence-corrected chi connectivity index (χ2v) is 5.98. The zero-order valence-corrected chi connectivity index (χ0v) is 14.0. The summed E-state index contributed by atoms with van der Waals surface area (Å²) in [5, 5.41) is 3.37. The maximum Gasteiger partial charge on any atom is 0.141 e. The molecule has 2 atom stereocenters. The Morgan fingerprint density at radius 2 is 2.10 bits per heavy atom. The molecule has 1 N–H and O–H groups in total. The molecular formula is C15H22BrNO3. The van der Waals surface area contributed by atoms with Gasteiger partial charge in [-0.3, -0.25) is 0 Å². The van der Waals surface area contributed by atoms with E-state index in [1.165, 1.54) is 0 Å². The molecule has 0 saturated carbocycles. The Balaban J connectivity index is 2.47. The zero-order valence-electron chi connectivity index (χ0n) is 12.5. The topological polar surface area (TPSA) is 39.7 Å². The minimum Gasteiger partial charge on any atom is -0.495 e. The predicted octanol–water partition coefficient (Wildman–Crippen LogP) is 3.30. The van der Waals surface area contributed by atoms with Crippen LogP contribution in [0.4, 0.5) is 0 Å². The van der Waals surface area contributed by atoms with Gasteiger partial charge in [0.25, 0.3) is 0 Å². The van der Waals surface area contributed by atoms with Gasteiger partial charge in [0.05, 0.1) is 25.9 Å². The number of rotatable bonds is 5. The van der Waals surface area contributed by atoms with Crippen molar-refractivity contribution in [1.29, 1.82) is 0 Å². The first kappa shape index (κ1) is 15.6. The average molecular weight is 344 g/mol. The van der Waals surface area contributed by atoms with Gasteiger partial charge in [-0.15, -0.1) is 0 Å². The van der Waals surface area contributed by atoms with E-state index in [2.05, 4.69) is 28.2 Å². The molecule has 20 heavy (non-hydrogen) atoms. The molecule has 1 aromatic carbocycles. The quantitative estimate of drug-likeness (QED) is 0.890. The third kappa shape index (κ3) is 2.67. The Bertz CT molecular complexity index is 472. The zero-order chi connectivity index (χ0) is 14.8. The van der Waals surface area contributed by atoms with Crippen LogP contribution in [-0.4, -0.2) is 33.5 Å². The molecule has 1 heterocycles. The summed E-state index contributed by atoms with van der Waals surface area (Å²) in [4.78, 5) is 0. The van der Waals surface area contributed by atoms with Crippen LogP contribution in [0.2, 0.25) is 0 Å². The van der Waals surface area contributed by atoms with Crippen LogP contribution in [-0.2, 0) is 4.74 Å². The lowest BCUT2D eigenvalue weighted by Crippen LogP contribution is -2.39. The van der Waals surface area contributed by atoms with Crippen molar-refractivity contribution in [3.8, 4) is 11.5 Å². The Hall–Kier alpha value is -0.780. The van der Waals surface area contributed by atoms with Gasteiger partial charge in [0, 0.05) is 12.2 Å². The van der Waals surface area contributed by atoms with E-state index in [1.807, 2.05) is 19.2 Å². The van der Waals surface area contributed by atoms with Crippen molar-refractivity contribution in [2.75, 3.05) is 27.9 Å². The minimum absolute atomic E-state index is 0.0714. The Kier molecular flexibility index (Phi) is 4.94. The minimum atomic E-state index is -0.212. The molecule has 0 aromatic heterocycles. The second-order valence-electron chi connectivity index (χ2n) is 5.19. The molecule has 2 unspecified atom stereocenters. The smallest absolute Gasteiger partial charge is 0.141 e. The highest BCUT2D eigenvalue weighted by Gasteiger charge is 2.40.